The fourth-order valence-corrected chi connectivity index (χ4v) is 2.72. The molecular formula is C15H15NO4S. The van der Waals surface area contributed by atoms with Crippen LogP contribution in [-0.4, -0.2) is 24.1 Å². The van der Waals surface area contributed by atoms with Gasteiger partial charge in [0.2, 0.25) is 0 Å². The van der Waals surface area contributed by atoms with Gasteiger partial charge in [0.1, 0.15) is 10.6 Å². The third-order valence-corrected chi connectivity index (χ3v) is 3.85. The molecule has 0 saturated heterocycles. The number of hydrogen-bond donors (Lipinski definition) is 2. The van der Waals surface area contributed by atoms with E-state index >= 15 is 0 Å². The van der Waals surface area contributed by atoms with Crippen LogP contribution < -0.4 is 10.1 Å². The molecule has 0 aliphatic rings. The van der Waals surface area contributed by atoms with E-state index in [1.807, 2.05) is 12.1 Å². The standard InChI is InChI=1S/C15H15NO4S/c1-20-12-6-7-21-14(12)15(19)16-9-11-5-3-2-4-10(11)8-13(17)18/h2-7H,8-9H2,1H3,(H,16,19)(H,17,18). The third kappa shape index (κ3) is 3.82. The Hall–Kier alpha value is -2.34. The zero-order chi connectivity index (χ0) is 15.2. The molecule has 0 fully saturated rings. The lowest BCUT2D eigenvalue weighted by atomic mass is 10.0. The monoisotopic (exact) mass is 305 g/mol. The second kappa shape index (κ2) is 6.90. The summed E-state index contributed by atoms with van der Waals surface area (Å²) in [6.07, 6.45) is -0.0611. The van der Waals surface area contributed by atoms with Gasteiger partial charge in [-0.3, -0.25) is 9.59 Å². The number of methoxy groups -OCH3 is 1. The smallest absolute Gasteiger partial charge is 0.307 e. The van der Waals surface area contributed by atoms with Gasteiger partial charge in [-0.15, -0.1) is 11.3 Å². The van der Waals surface area contributed by atoms with Crippen molar-refractivity contribution >= 4 is 23.2 Å². The summed E-state index contributed by atoms with van der Waals surface area (Å²) in [5.41, 5.74) is 1.49. The average molecular weight is 305 g/mol. The molecule has 0 radical (unpaired) electrons. The minimum atomic E-state index is -0.895. The quantitative estimate of drug-likeness (QED) is 0.858. The second-order valence-electron chi connectivity index (χ2n) is 4.34. The van der Waals surface area contributed by atoms with Crippen molar-refractivity contribution in [1.29, 1.82) is 0 Å². The molecule has 1 aromatic carbocycles. The number of benzene rings is 1. The van der Waals surface area contributed by atoms with Crippen molar-refractivity contribution in [2.45, 2.75) is 13.0 Å². The first kappa shape index (κ1) is 15.1. The highest BCUT2D eigenvalue weighted by atomic mass is 32.1. The molecule has 0 saturated carbocycles. The van der Waals surface area contributed by atoms with Crippen LogP contribution in [0.4, 0.5) is 0 Å². The Kier molecular flexibility index (Phi) is 4.94. The van der Waals surface area contributed by atoms with Gasteiger partial charge in [0.25, 0.3) is 5.91 Å². The Morgan fingerprint density at radius 3 is 2.62 bits per heavy atom. The first-order valence-corrected chi connectivity index (χ1v) is 7.18. The highest BCUT2D eigenvalue weighted by Crippen LogP contribution is 2.24. The predicted molar refractivity (Wildman–Crippen MR) is 79.8 cm³/mol. The largest absolute Gasteiger partial charge is 0.495 e. The van der Waals surface area contributed by atoms with E-state index in [1.165, 1.54) is 18.4 Å². The number of ether oxygens (including phenoxy) is 1. The number of amides is 1. The molecule has 1 amide bonds. The molecule has 110 valence electrons. The minimum Gasteiger partial charge on any atom is -0.495 e. The summed E-state index contributed by atoms with van der Waals surface area (Å²) in [6, 6.07) is 8.90. The normalized spacial score (nSPS) is 10.1. The molecule has 2 rings (SSSR count). The van der Waals surface area contributed by atoms with Crippen LogP contribution >= 0.6 is 11.3 Å². The van der Waals surface area contributed by atoms with Crippen molar-refractivity contribution in [3.05, 3.63) is 51.7 Å². The van der Waals surface area contributed by atoms with Gasteiger partial charge in [0, 0.05) is 6.54 Å². The topological polar surface area (TPSA) is 75.6 Å². The van der Waals surface area contributed by atoms with Crippen LogP contribution in [0, 0.1) is 0 Å². The highest BCUT2D eigenvalue weighted by molar-refractivity contribution is 7.12. The summed E-state index contributed by atoms with van der Waals surface area (Å²) in [4.78, 5) is 23.4. The van der Waals surface area contributed by atoms with Crippen molar-refractivity contribution in [2.24, 2.45) is 0 Å². The van der Waals surface area contributed by atoms with Crippen molar-refractivity contribution in [2.75, 3.05) is 7.11 Å². The van der Waals surface area contributed by atoms with E-state index in [1.54, 1.807) is 23.6 Å². The number of carbonyl (C=O) groups excluding carboxylic acids is 1. The number of nitrogens with one attached hydrogen (secondary N) is 1. The molecule has 0 aliphatic carbocycles. The molecule has 2 aromatic rings. The summed E-state index contributed by atoms with van der Waals surface area (Å²) >= 11 is 1.30. The van der Waals surface area contributed by atoms with Crippen LogP contribution in [0.2, 0.25) is 0 Å². The number of carboxylic acid groups (broad SMARTS) is 1. The van der Waals surface area contributed by atoms with Gasteiger partial charge in [0.05, 0.1) is 13.5 Å². The van der Waals surface area contributed by atoms with Gasteiger partial charge < -0.3 is 15.2 Å². The predicted octanol–water partition coefficient (Wildman–Crippen LogP) is 2.31. The van der Waals surface area contributed by atoms with E-state index in [0.717, 1.165) is 5.56 Å². The van der Waals surface area contributed by atoms with Gasteiger partial charge in [-0.25, -0.2) is 0 Å². The van der Waals surface area contributed by atoms with Crippen molar-refractivity contribution in [3.63, 3.8) is 0 Å². The lowest BCUT2D eigenvalue weighted by Gasteiger charge is -2.09. The summed E-state index contributed by atoms with van der Waals surface area (Å²) in [5.74, 6) is -0.586. The average Bonchev–Trinajstić information content (AvgIpc) is 2.94. The zero-order valence-electron chi connectivity index (χ0n) is 11.5. The Morgan fingerprint density at radius 1 is 1.24 bits per heavy atom. The van der Waals surface area contributed by atoms with Crippen LogP contribution in [0.25, 0.3) is 0 Å². The van der Waals surface area contributed by atoms with Gasteiger partial charge in [-0.2, -0.15) is 0 Å². The molecule has 2 N–H and O–H groups in total. The molecule has 1 heterocycles. The minimum absolute atomic E-state index is 0.0611. The maximum absolute atomic E-state index is 12.1. The summed E-state index contributed by atoms with van der Waals surface area (Å²) in [7, 11) is 1.51. The van der Waals surface area contributed by atoms with Crippen molar-refractivity contribution in [1.82, 2.24) is 5.32 Å². The van der Waals surface area contributed by atoms with E-state index in [0.29, 0.717) is 16.2 Å². The molecule has 0 spiro atoms. The molecule has 21 heavy (non-hydrogen) atoms. The summed E-state index contributed by atoms with van der Waals surface area (Å²) < 4.78 is 5.11. The number of rotatable bonds is 6. The van der Waals surface area contributed by atoms with Crippen molar-refractivity contribution < 1.29 is 19.4 Å². The number of hydrogen-bond acceptors (Lipinski definition) is 4. The van der Waals surface area contributed by atoms with Gasteiger partial charge in [0.15, 0.2) is 0 Å². The SMILES string of the molecule is COc1ccsc1C(=O)NCc1ccccc1CC(=O)O. The Balaban J connectivity index is 2.06. The van der Waals surface area contributed by atoms with Gasteiger partial charge >= 0.3 is 5.97 Å². The first-order chi connectivity index (χ1) is 10.1. The van der Waals surface area contributed by atoms with E-state index in [2.05, 4.69) is 5.32 Å². The third-order valence-electron chi connectivity index (χ3n) is 2.95. The van der Waals surface area contributed by atoms with Crippen molar-refractivity contribution in [3.8, 4) is 5.75 Å². The van der Waals surface area contributed by atoms with Crippen LogP contribution in [0.3, 0.4) is 0 Å². The Labute approximate surface area is 126 Å². The summed E-state index contributed by atoms with van der Waals surface area (Å²) in [5, 5.41) is 13.5. The molecule has 1 aromatic heterocycles. The Morgan fingerprint density at radius 2 is 1.95 bits per heavy atom. The van der Waals surface area contributed by atoms with Crippen LogP contribution in [0.15, 0.2) is 35.7 Å². The maximum atomic E-state index is 12.1. The molecule has 0 atom stereocenters. The van der Waals surface area contributed by atoms with Crippen LogP contribution in [0.5, 0.6) is 5.75 Å². The van der Waals surface area contributed by atoms with E-state index in [4.69, 9.17) is 9.84 Å². The zero-order valence-corrected chi connectivity index (χ0v) is 12.3. The fourth-order valence-electron chi connectivity index (χ4n) is 1.94. The van der Waals surface area contributed by atoms with E-state index in [9.17, 15) is 9.59 Å². The molecule has 0 unspecified atom stereocenters. The van der Waals surface area contributed by atoms with E-state index in [-0.39, 0.29) is 18.9 Å². The van der Waals surface area contributed by atoms with Gasteiger partial charge in [-0.1, -0.05) is 24.3 Å². The highest BCUT2D eigenvalue weighted by Gasteiger charge is 2.14. The Bertz CT molecular complexity index is 651. The first-order valence-electron chi connectivity index (χ1n) is 6.30. The number of aliphatic carboxylic acids is 1. The number of thiophene rings is 1. The summed E-state index contributed by atoms with van der Waals surface area (Å²) in [6.45, 7) is 0.281. The fraction of sp³-hybridized carbons (Fsp3) is 0.200. The molecular weight excluding hydrogens is 290 g/mol. The second-order valence-corrected chi connectivity index (χ2v) is 5.26. The number of carbonyl (C=O) groups is 2. The molecule has 5 nitrogen and oxygen atoms in total. The lowest BCUT2D eigenvalue weighted by molar-refractivity contribution is -0.136. The maximum Gasteiger partial charge on any atom is 0.307 e. The molecule has 0 aliphatic heterocycles. The number of carboxylic acids is 1. The van der Waals surface area contributed by atoms with E-state index < -0.39 is 5.97 Å². The van der Waals surface area contributed by atoms with Crippen LogP contribution in [0.1, 0.15) is 20.8 Å². The lowest BCUT2D eigenvalue weighted by Crippen LogP contribution is -2.23. The van der Waals surface area contributed by atoms with Crippen LogP contribution in [-0.2, 0) is 17.8 Å². The molecule has 6 heteroatoms. The van der Waals surface area contributed by atoms with Gasteiger partial charge in [-0.05, 0) is 22.6 Å². The molecule has 0 bridgehead atoms.